The lowest BCUT2D eigenvalue weighted by Gasteiger charge is -2.16. The number of nitrogens with zero attached hydrogens (tertiary/aromatic N) is 3. The Labute approximate surface area is 153 Å². The van der Waals surface area contributed by atoms with E-state index in [0.717, 1.165) is 44.5 Å². The van der Waals surface area contributed by atoms with Crippen LogP contribution in [0.15, 0.2) is 60.9 Å². The number of carbonyl (C=O) groups is 1. The molecule has 4 rings (SSSR count). The van der Waals surface area contributed by atoms with Crippen LogP contribution in [0.3, 0.4) is 0 Å². The van der Waals surface area contributed by atoms with Gasteiger partial charge in [0.05, 0.1) is 17.3 Å². The Morgan fingerprint density at radius 2 is 2.00 bits per heavy atom. The number of pyridine rings is 1. The summed E-state index contributed by atoms with van der Waals surface area (Å²) in [6, 6.07) is 16.4. The number of carbonyl (C=O) groups excluding carboxylic acids is 1. The van der Waals surface area contributed by atoms with E-state index in [4.69, 9.17) is 0 Å². The van der Waals surface area contributed by atoms with Crippen LogP contribution in [0.1, 0.15) is 22.3 Å². The lowest BCUT2D eigenvalue weighted by atomic mass is 10.1. The highest BCUT2D eigenvalue weighted by Gasteiger charge is 2.23. The lowest BCUT2D eigenvalue weighted by Crippen LogP contribution is -2.31. The topological polar surface area (TPSA) is 49.6 Å². The number of nitrogens with one attached hydrogen (secondary N) is 1. The number of likely N-dealkylation sites (tertiary alicyclic amines) is 1. The Balaban J connectivity index is 1.26. The summed E-state index contributed by atoms with van der Waals surface area (Å²) in [6.45, 7) is 3.99. The van der Waals surface area contributed by atoms with Gasteiger partial charge in [-0.2, -0.15) is 5.10 Å². The van der Waals surface area contributed by atoms with Gasteiger partial charge in [0, 0.05) is 25.8 Å². The predicted octanol–water partition coefficient (Wildman–Crippen LogP) is 2.63. The molecule has 0 saturated carbocycles. The van der Waals surface area contributed by atoms with Crippen molar-refractivity contribution in [3.63, 3.8) is 0 Å². The molecule has 2 aromatic heterocycles. The zero-order valence-electron chi connectivity index (χ0n) is 14.8. The second kappa shape index (κ2) is 7.70. The zero-order valence-corrected chi connectivity index (χ0v) is 14.8. The highest BCUT2D eigenvalue weighted by Crippen LogP contribution is 2.17. The van der Waals surface area contributed by atoms with Crippen molar-refractivity contribution in [3.8, 4) is 0 Å². The third-order valence-corrected chi connectivity index (χ3v) is 5.15. The molecule has 134 valence electrons. The smallest absolute Gasteiger partial charge is 0.255 e. The van der Waals surface area contributed by atoms with Gasteiger partial charge >= 0.3 is 0 Å². The molecule has 0 radical (unpaired) electrons. The van der Waals surface area contributed by atoms with Gasteiger partial charge in [-0.15, -0.1) is 0 Å². The van der Waals surface area contributed by atoms with Crippen molar-refractivity contribution in [3.05, 3.63) is 72.1 Å². The Kier molecular flexibility index (Phi) is 4.97. The minimum atomic E-state index is -0.0334. The Morgan fingerprint density at radius 3 is 2.88 bits per heavy atom. The Morgan fingerprint density at radius 1 is 1.15 bits per heavy atom. The number of benzene rings is 1. The maximum Gasteiger partial charge on any atom is 0.255 e. The van der Waals surface area contributed by atoms with E-state index in [1.54, 1.807) is 10.7 Å². The van der Waals surface area contributed by atoms with Crippen molar-refractivity contribution in [2.24, 2.45) is 5.92 Å². The summed E-state index contributed by atoms with van der Waals surface area (Å²) in [5.41, 5.74) is 2.88. The molecule has 0 bridgehead atoms. The fraction of sp³-hybridized carbons (Fsp3) is 0.333. The summed E-state index contributed by atoms with van der Waals surface area (Å²) >= 11 is 0. The molecule has 0 unspecified atom stereocenters. The van der Waals surface area contributed by atoms with Gasteiger partial charge in [-0.3, -0.25) is 4.79 Å². The molecule has 0 aliphatic carbocycles. The van der Waals surface area contributed by atoms with Crippen LogP contribution in [0, 0.1) is 5.92 Å². The van der Waals surface area contributed by atoms with Crippen molar-refractivity contribution < 1.29 is 4.79 Å². The summed E-state index contributed by atoms with van der Waals surface area (Å²) in [7, 11) is 0. The van der Waals surface area contributed by atoms with E-state index < -0.39 is 0 Å². The molecular weight excluding hydrogens is 324 g/mol. The molecule has 1 aliphatic heterocycles. The number of hydrogen-bond donors (Lipinski definition) is 1. The summed E-state index contributed by atoms with van der Waals surface area (Å²) in [5.74, 6) is 0.491. The molecule has 3 heterocycles. The van der Waals surface area contributed by atoms with Crippen LogP contribution < -0.4 is 5.32 Å². The van der Waals surface area contributed by atoms with E-state index in [0.29, 0.717) is 11.5 Å². The number of hydrogen-bond acceptors (Lipinski definition) is 3. The normalized spacial score (nSPS) is 17.6. The summed E-state index contributed by atoms with van der Waals surface area (Å²) in [6.07, 6.45) is 5.73. The number of fused-ring (bicyclic) bond motifs is 1. The van der Waals surface area contributed by atoms with Gasteiger partial charge in [0.1, 0.15) is 0 Å². The summed E-state index contributed by atoms with van der Waals surface area (Å²) in [5, 5.41) is 7.33. The molecule has 5 nitrogen and oxygen atoms in total. The second-order valence-electron chi connectivity index (χ2n) is 6.99. The molecule has 26 heavy (non-hydrogen) atoms. The number of amides is 1. The van der Waals surface area contributed by atoms with Crippen LogP contribution >= 0.6 is 0 Å². The molecule has 1 saturated heterocycles. The quantitative estimate of drug-likeness (QED) is 0.745. The van der Waals surface area contributed by atoms with Crippen molar-refractivity contribution >= 4 is 11.4 Å². The number of rotatable bonds is 6. The van der Waals surface area contributed by atoms with Crippen molar-refractivity contribution in [1.82, 2.24) is 19.8 Å². The number of aromatic nitrogens is 2. The second-order valence-corrected chi connectivity index (χ2v) is 6.99. The van der Waals surface area contributed by atoms with E-state index in [-0.39, 0.29) is 5.91 Å². The minimum Gasteiger partial charge on any atom is -0.352 e. The van der Waals surface area contributed by atoms with Gasteiger partial charge in [0.15, 0.2) is 0 Å². The third kappa shape index (κ3) is 3.78. The van der Waals surface area contributed by atoms with E-state index in [2.05, 4.69) is 45.6 Å². The van der Waals surface area contributed by atoms with E-state index in [1.807, 2.05) is 24.4 Å². The third-order valence-electron chi connectivity index (χ3n) is 5.15. The monoisotopic (exact) mass is 348 g/mol. The van der Waals surface area contributed by atoms with E-state index in [9.17, 15) is 4.79 Å². The maximum atomic E-state index is 12.5. The van der Waals surface area contributed by atoms with Gasteiger partial charge in [-0.1, -0.05) is 36.4 Å². The molecule has 1 aliphatic rings. The van der Waals surface area contributed by atoms with Crippen LogP contribution in [-0.2, 0) is 6.42 Å². The fourth-order valence-electron chi connectivity index (χ4n) is 3.66. The van der Waals surface area contributed by atoms with Gasteiger partial charge < -0.3 is 10.2 Å². The molecular formula is C21H24N4O. The summed E-state index contributed by atoms with van der Waals surface area (Å²) < 4.78 is 1.73. The Hall–Kier alpha value is -2.66. The van der Waals surface area contributed by atoms with Crippen molar-refractivity contribution in [2.45, 2.75) is 12.8 Å². The highest BCUT2D eigenvalue weighted by atomic mass is 16.1. The average Bonchev–Trinajstić information content (AvgIpc) is 3.32. The van der Waals surface area contributed by atoms with E-state index in [1.165, 1.54) is 5.56 Å². The standard InChI is InChI=1S/C21H24N4O/c26-21(19-15-23-25-11-5-4-8-20(19)25)22-14-18-10-13-24(16-18)12-9-17-6-2-1-3-7-17/h1-8,11,15,18H,9-10,12-14,16H2,(H,22,26)/t18-/m0/s1. The first-order valence-electron chi connectivity index (χ1n) is 9.26. The molecule has 5 heteroatoms. The molecule has 1 fully saturated rings. The minimum absolute atomic E-state index is 0.0334. The van der Waals surface area contributed by atoms with E-state index >= 15 is 0 Å². The predicted molar refractivity (Wildman–Crippen MR) is 102 cm³/mol. The maximum absolute atomic E-state index is 12.5. The largest absolute Gasteiger partial charge is 0.352 e. The van der Waals surface area contributed by atoms with Crippen LogP contribution in [0.4, 0.5) is 0 Å². The lowest BCUT2D eigenvalue weighted by molar-refractivity contribution is 0.0949. The first-order valence-corrected chi connectivity index (χ1v) is 9.26. The molecule has 1 aromatic carbocycles. The van der Waals surface area contributed by atoms with Crippen molar-refractivity contribution in [1.29, 1.82) is 0 Å². The molecule has 0 spiro atoms. The van der Waals surface area contributed by atoms with Crippen LogP contribution in [0.5, 0.6) is 0 Å². The van der Waals surface area contributed by atoms with Gasteiger partial charge in [-0.05, 0) is 43.0 Å². The van der Waals surface area contributed by atoms with Crippen LogP contribution in [-0.4, -0.2) is 46.6 Å². The average molecular weight is 348 g/mol. The molecule has 3 aromatic rings. The van der Waals surface area contributed by atoms with Crippen LogP contribution in [0.25, 0.3) is 5.52 Å². The zero-order chi connectivity index (χ0) is 17.8. The van der Waals surface area contributed by atoms with Crippen molar-refractivity contribution in [2.75, 3.05) is 26.2 Å². The van der Waals surface area contributed by atoms with Gasteiger partial charge in [0.2, 0.25) is 0 Å². The molecule has 1 atom stereocenters. The Bertz CT molecular complexity index is 874. The summed E-state index contributed by atoms with van der Waals surface area (Å²) in [4.78, 5) is 15.0. The first kappa shape index (κ1) is 16.8. The SMILES string of the molecule is O=C(NC[C@@H]1CCN(CCc2ccccc2)C1)c1cnn2ccccc12. The highest BCUT2D eigenvalue weighted by molar-refractivity contribution is 6.00. The molecule has 1 amide bonds. The van der Waals surface area contributed by atoms with Crippen LogP contribution in [0.2, 0.25) is 0 Å². The fourth-order valence-corrected chi connectivity index (χ4v) is 3.66. The van der Waals surface area contributed by atoms with Gasteiger partial charge in [0.25, 0.3) is 5.91 Å². The van der Waals surface area contributed by atoms with Gasteiger partial charge in [-0.25, -0.2) is 4.52 Å². The first-order chi connectivity index (χ1) is 12.8. The molecule has 1 N–H and O–H groups in total.